The van der Waals surface area contributed by atoms with E-state index in [-0.39, 0.29) is 18.0 Å². The number of amides is 2. The second-order valence-electron chi connectivity index (χ2n) is 5.40. The highest BCUT2D eigenvalue weighted by Crippen LogP contribution is 2.46. The summed E-state index contributed by atoms with van der Waals surface area (Å²) in [6.45, 7) is 4.19. The molecule has 2 aliphatic heterocycles. The number of fused-ring (bicyclic) bond motifs is 4. The quantitative estimate of drug-likeness (QED) is 0.827. The van der Waals surface area contributed by atoms with E-state index >= 15 is 0 Å². The summed E-state index contributed by atoms with van der Waals surface area (Å²) in [6.07, 6.45) is 0.796. The Morgan fingerprint density at radius 2 is 2.17 bits per heavy atom. The number of nitrogens with zero attached hydrogens (tertiary/aromatic N) is 1. The minimum absolute atomic E-state index is 0.0565. The first-order valence-corrected chi connectivity index (χ1v) is 6.37. The van der Waals surface area contributed by atoms with E-state index in [0.717, 1.165) is 17.7 Å². The standard InChI is InChI=1S/C14H18N2O2/c1-9(2)14-8-11(15-13(17)16(14)3)10-6-4-5-7-12(10)18-14/h4-7,9,11H,8H2,1-3H3,(H,15,17). The van der Waals surface area contributed by atoms with E-state index in [2.05, 4.69) is 19.2 Å². The molecule has 0 aliphatic carbocycles. The Bertz CT molecular complexity index is 500. The van der Waals surface area contributed by atoms with Gasteiger partial charge in [-0.15, -0.1) is 0 Å². The number of ether oxygens (including phenoxy) is 1. The monoisotopic (exact) mass is 246 g/mol. The van der Waals surface area contributed by atoms with E-state index in [1.165, 1.54) is 0 Å². The van der Waals surface area contributed by atoms with Crippen LogP contribution in [0, 0.1) is 5.92 Å². The third-order valence-electron chi connectivity index (χ3n) is 4.15. The number of benzene rings is 1. The topological polar surface area (TPSA) is 41.6 Å². The van der Waals surface area contributed by atoms with Crippen LogP contribution < -0.4 is 10.1 Å². The van der Waals surface area contributed by atoms with Gasteiger partial charge in [0.05, 0.1) is 6.04 Å². The van der Waals surface area contributed by atoms with Gasteiger partial charge < -0.3 is 10.1 Å². The number of carbonyl (C=O) groups excluding carboxylic acids is 1. The molecule has 2 unspecified atom stereocenters. The van der Waals surface area contributed by atoms with Crippen molar-refractivity contribution in [2.45, 2.75) is 32.0 Å². The van der Waals surface area contributed by atoms with Crippen molar-refractivity contribution < 1.29 is 9.53 Å². The Morgan fingerprint density at radius 1 is 1.44 bits per heavy atom. The summed E-state index contributed by atoms with van der Waals surface area (Å²) in [6, 6.07) is 7.94. The summed E-state index contributed by atoms with van der Waals surface area (Å²) < 4.78 is 6.20. The maximum Gasteiger partial charge on any atom is 0.320 e. The summed E-state index contributed by atoms with van der Waals surface area (Å²) in [5.74, 6) is 1.12. The molecule has 1 fully saturated rings. The Labute approximate surface area is 107 Å². The van der Waals surface area contributed by atoms with Gasteiger partial charge >= 0.3 is 6.03 Å². The van der Waals surface area contributed by atoms with E-state index in [1.807, 2.05) is 24.3 Å². The Kier molecular flexibility index (Phi) is 2.30. The van der Waals surface area contributed by atoms with Crippen LogP contribution in [0.3, 0.4) is 0 Å². The number of hydrogen-bond donors (Lipinski definition) is 1. The number of hydrogen-bond acceptors (Lipinski definition) is 2. The molecule has 0 saturated carbocycles. The molecule has 4 heteroatoms. The molecule has 2 bridgehead atoms. The van der Waals surface area contributed by atoms with Crippen LogP contribution in [0.4, 0.5) is 4.79 Å². The lowest BCUT2D eigenvalue weighted by molar-refractivity contribution is -0.119. The molecule has 0 radical (unpaired) electrons. The summed E-state index contributed by atoms with van der Waals surface area (Å²) in [5.41, 5.74) is 0.552. The molecule has 3 rings (SSSR count). The van der Waals surface area contributed by atoms with Crippen LogP contribution in [0.25, 0.3) is 0 Å². The lowest BCUT2D eigenvalue weighted by Crippen LogP contribution is -2.66. The first kappa shape index (κ1) is 11.4. The number of para-hydroxylation sites is 1. The minimum Gasteiger partial charge on any atom is -0.467 e. The maximum atomic E-state index is 12.1. The van der Waals surface area contributed by atoms with E-state index in [0.29, 0.717) is 0 Å². The molecule has 18 heavy (non-hydrogen) atoms. The first-order valence-electron chi connectivity index (χ1n) is 6.37. The second kappa shape index (κ2) is 3.64. The molecule has 2 amide bonds. The van der Waals surface area contributed by atoms with Gasteiger partial charge in [0.1, 0.15) is 5.75 Å². The fourth-order valence-corrected chi connectivity index (χ4v) is 2.99. The largest absolute Gasteiger partial charge is 0.467 e. The predicted molar refractivity (Wildman–Crippen MR) is 68.3 cm³/mol. The maximum absolute atomic E-state index is 12.1. The zero-order chi connectivity index (χ0) is 12.9. The molecule has 2 atom stereocenters. The van der Waals surface area contributed by atoms with E-state index in [9.17, 15) is 4.79 Å². The van der Waals surface area contributed by atoms with Gasteiger partial charge in [-0.05, 0) is 6.07 Å². The minimum atomic E-state index is -0.526. The molecule has 96 valence electrons. The second-order valence-corrected chi connectivity index (χ2v) is 5.40. The van der Waals surface area contributed by atoms with Gasteiger partial charge in [0.2, 0.25) is 0 Å². The molecule has 4 nitrogen and oxygen atoms in total. The average Bonchev–Trinajstić information content (AvgIpc) is 2.36. The summed E-state index contributed by atoms with van der Waals surface area (Å²) >= 11 is 0. The van der Waals surface area contributed by atoms with Crippen LogP contribution in [0.2, 0.25) is 0 Å². The molecule has 2 heterocycles. The zero-order valence-electron chi connectivity index (χ0n) is 10.9. The van der Waals surface area contributed by atoms with Crippen molar-refractivity contribution in [3.63, 3.8) is 0 Å². The highest BCUT2D eigenvalue weighted by molar-refractivity contribution is 5.77. The summed E-state index contributed by atoms with van der Waals surface area (Å²) in [7, 11) is 1.81. The van der Waals surface area contributed by atoms with E-state index < -0.39 is 5.72 Å². The molecule has 0 aromatic heterocycles. The lowest BCUT2D eigenvalue weighted by Gasteiger charge is -2.53. The highest BCUT2D eigenvalue weighted by atomic mass is 16.5. The molecule has 0 spiro atoms. The predicted octanol–water partition coefficient (Wildman–Crippen LogP) is 2.52. The van der Waals surface area contributed by atoms with Crippen molar-refractivity contribution in [3.8, 4) is 5.75 Å². The summed E-state index contributed by atoms with van der Waals surface area (Å²) in [5, 5.41) is 3.04. The Morgan fingerprint density at radius 3 is 2.89 bits per heavy atom. The molecular formula is C14H18N2O2. The van der Waals surface area contributed by atoms with Crippen molar-refractivity contribution >= 4 is 6.03 Å². The SMILES string of the molecule is CC(C)C12CC(NC(=O)N1C)c1ccccc1O2. The van der Waals surface area contributed by atoms with Crippen molar-refractivity contribution in [1.82, 2.24) is 10.2 Å². The van der Waals surface area contributed by atoms with Crippen molar-refractivity contribution in [1.29, 1.82) is 0 Å². The normalized spacial score (nSPS) is 29.7. The smallest absolute Gasteiger partial charge is 0.320 e. The first-order chi connectivity index (χ1) is 8.54. The molecule has 1 aromatic rings. The van der Waals surface area contributed by atoms with Gasteiger partial charge in [-0.3, -0.25) is 4.90 Å². The highest BCUT2D eigenvalue weighted by Gasteiger charge is 2.52. The van der Waals surface area contributed by atoms with Gasteiger partial charge in [-0.1, -0.05) is 32.0 Å². The number of rotatable bonds is 1. The van der Waals surface area contributed by atoms with Gasteiger partial charge in [-0.25, -0.2) is 4.79 Å². The number of nitrogens with one attached hydrogen (secondary N) is 1. The summed E-state index contributed by atoms with van der Waals surface area (Å²) in [4.78, 5) is 13.8. The molecular weight excluding hydrogens is 228 g/mol. The molecule has 1 N–H and O–H groups in total. The molecule has 1 aromatic carbocycles. The van der Waals surface area contributed by atoms with Crippen LogP contribution in [0.1, 0.15) is 31.9 Å². The Balaban J connectivity index is 2.13. The van der Waals surface area contributed by atoms with Crippen LogP contribution in [-0.2, 0) is 0 Å². The van der Waals surface area contributed by atoms with Crippen LogP contribution >= 0.6 is 0 Å². The molecule has 1 saturated heterocycles. The average molecular weight is 246 g/mol. The lowest BCUT2D eigenvalue weighted by atomic mass is 9.83. The van der Waals surface area contributed by atoms with Crippen molar-refractivity contribution in [2.24, 2.45) is 5.92 Å². The van der Waals surface area contributed by atoms with E-state index in [1.54, 1.807) is 11.9 Å². The zero-order valence-corrected chi connectivity index (χ0v) is 10.9. The fraction of sp³-hybridized carbons (Fsp3) is 0.500. The van der Waals surface area contributed by atoms with Gasteiger partial charge in [0.15, 0.2) is 5.72 Å². The van der Waals surface area contributed by atoms with Crippen LogP contribution in [0.5, 0.6) is 5.75 Å². The molecule has 2 aliphatic rings. The number of carbonyl (C=O) groups is 1. The third kappa shape index (κ3) is 1.35. The number of urea groups is 1. The van der Waals surface area contributed by atoms with Gasteiger partial charge in [-0.2, -0.15) is 0 Å². The van der Waals surface area contributed by atoms with Gasteiger partial charge in [0, 0.05) is 24.9 Å². The van der Waals surface area contributed by atoms with Crippen molar-refractivity contribution in [2.75, 3.05) is 7.05 Å². The van der Waals surface area contributed by atoms with Crippen molar-refractivity contribution in [3.05, 3.63) is 29.8 Å². The third-order valence-corrected chi connectivity index (χ3v) is 4.15. The van der Waals surface area contributed by atoms with Crippen LogP contribution in [-0.4, -0.2) is 23.7 Å². The van der Waals surface area contributed by atoms with Crippen LogP contribution in [0.15, 0.2) is 24.3 Å². The fourth-order valence-electron chi connectivity index (χ4n) is 2.99. The van der Waals surface area contributed by atoms with E-state index in [4.69, 9.17) is 4.74 Å². The Hall–Kier alpha value is -1.71. The van der Waals surface area contributed by atoms with Gasteiger partial charge in [0.25, 0.3) is 0 Å².